The van der Waals surface area contributed by atoms with Gasteiger partial charge in [-0.05, 0) is 0 Å². The van der Waals surface area contributed by atoms with Crippen LogP contribution < -0.4 is 0 Å². The largest absolute Gasteiger partial charge is 0.435 e. The first-order valence-corrected chi connectivity index (χ1v) is 3.81. The number of hydrogen-bond acceptors (Lipinski definition) is 4. The van der Waals surface area contributed by atoms with Crippen molar-refractivity contribution in [2.24, 2.45) is 0 Å². The maximum absolute atomic E-state index is 10.8. The van der Waals surface area contributed by atoms with Gasteiger partial charge in [0.05, 0.1) is 18.9 Å². The highest BCUT2D eigenvalue weighted by molar-refractivity contribution is 6.30. The molecule has 0 heterocycles. The molecule has 13 heavy (non-hydrogen) atoms. The number of rotatable bonds is 5. The Kier molecular flexibility index (Phi) is 5.63. The third-order valence-corrected chi connectivity index (χ3v) is 1.35. The van der Waals surface area contributed by atoms with Crippen LogP contribution in [0.15, 0.2) is 25.7 Å². The molecule has 0 bridgehead atoms. The first kappa shape index (κ1) is 11.7. The van der Waals surface area contributed by atoms with E-state index in [1.807, 2.05) is 0 Å². The molecule has 0 aliphatic heterocycles. The minimum atomic E-state index is -1.06. The summed E-state index contributed by atoms with van der Waals surface area (Å²) in [5.74, 6) is -1.38. The van der Waals surface area contributed by atoms with Crippen molar-refractivity contribution in [1.82, 2.24) is 0 Å². The van der Waals surface area contributed by atoms with Gasteiger partial charge in [-0.25, -0.2) is 0 Å². The molecule has 4 nitrogen and oxygen atoms in total. The molecule has 5 heteroatoms. The van der Waals surface area contributed by atoms with Crippen LogP contribution in [0.4, 0.5) is 0 Å². The topological polar surface area (TPSA) is 52.6 Å². The van der Waals surface area contributed by atoms with E-state index >= 15 is 0 Å². The lowest BCUT2D eigenvalue weighted by atomic mass is 10.3. The van der Waals surface area contributed by atoms with E-state index in [0.29, 0.717) is 0 Å². The molecule has 0 amide bonds. The quantitative estimate of drug-likeness (QED) is 0.386. The number of esters is 2. The highest BCUT2D eigenvalue weighted by Gasteiger charge is 2.20. The van der Waals surface area contributed by atoms with Crippen molar-refractivity contribution in [3.63, 3.8) is 0 Å². The zero-order chi connectivity index (χ0) is 10.3. The minimum absolute atomic E-state index is 0.264. The smallest absolute Gasteiger partial charge is 0.329 e. The second-order valence-electron chi connectivity index (χ2n) is 1.93. The third kappa shape index (κ3) is 5.03. The number of halogens is 1. The van der Waals surface area contributed by atoms with Crippen molar-refractivity contribution in [3.8, 4) is 0 Å². The first-order valence-electron chi connectivity index (χ1n) is 3.37. The van der Waals surface area contributed by atoms with Gasteiger partial charge in [0, 0.05) is 0 Å². The van der Waals surface area contributed by atoms with Gasteiger partial charge < -0.3 is 9.47 Å². The van der Waals surface area contributed by atoms with Gasteiger partial charge in [-0.2, -0.15) is 0 Å². The van der Waals surface area contributed by atoms with Crippen molar-refractivity contribution in [1.29, 1.82) is 0 Å². The van der Waals surface area contributed by atoms with Crippen LogP contribution in [0.3, 0.4) is 0 Å². The number of hydrogen-bond donors (Lipinski definition) is 0. The number of alkyl halides is 1. The molecule has 0 saturated heterocycles. The zero-order valence-electron chi connectivity index (χ0n) is 6.86. The predicted molar refractivity (Wildman–Crippen MR) is 46.8 cm³/mol. The predicted octanol–water partition coefficient (Wildman–Crippen LogP) is 1.36. The van der Waals surface area contributed by atoms with Crippen molar-refractivity contribution in [2.75, 3.05) is 0 Å². The molecule has 1 atom stereocenters. The summed E-state index contributed by atoms with van der Waals surface area (Å²) in [5.41, 5.74) is 0. The summed E-state index contributed by atoms with van der Waals surface area (Å²) in [6.07, 6.45) is 1.64. The van der Waals surface area contributed by atoms with Crippen LogP contribution in [-0.4, -0.2) is 17.3 Å². The van der Waals surface area contributed by atoms with Crippen LogP contribution in [-0.2, 0) is 19.1 Å². The first-order chi connectivity index (χ1) is 6.11. The molecular formula is C8H9ClO4. The summed E-state index contributed by atoms with van der Waals surface area (Å²) in [6.45, 7) is 6.34. The SMILES string of the molecule is C=COC(=O)CC(Cl)C(=O)OC=C. The fourth-order valence-corrected chi connectivity index (χ4v) is 0.704. The van der Waals surface area contributed by atoms with E-state index in [1.165, 1.54) is 0 Å². The number of ether oxygens (including phenoxy) is 2. The summed E-state index contributed by atoms with van der Waals surface area (Å²) in [4.78, 5) is 21.6. The molecule has 0 N–H and O–H groups in total. The number of carbonyl (C=O) groups excluding carboxylic acids is 2. The molecule has 0 spiro atoms. The average Bonchev–Trinajstić information content (AvgIpc) is 2.05. The van der Waals surface area contributed by atoms with Crippen LogP contribution in [0.2, 0.25) is 0 Å². The van der Waals surface area contributed by atoms with E-state index in [-0.39, 0.29) is 6.42 Å². The summed E-state index contributed by atoms with van der Waals surface area (Å²) in [7, 11) is 0. The molecule has 0 radical (unpaired) electrons. The maximum atomic E-state index is 10.8. The Labute approximate surface area is 80.8 Å². The Morgan fingerprint density at radius 3 is 2.31 bits per heavy atom. The van der Waals surface area contributed by atoms with Gasteiger partial charge in [0.25, 0.3) is 0 Å². The van der Waals surface area contributed by atoms with E-state index in [4.69, 9.17) is 11.6 Å². The van der Waals surface area contributed by atoms with Gasteiger partial charge >= 0.3 is 11.9 Å². The fourth-order valence-electron chi connectivity index (χ4n) is 0.527. The Bertz CT molecular complexity index is 224. The second kappa shape index (κ2) is 6.25. The normalized spacial score (nSPS) is 11.2. The van der Waals surface area contributed by atoms with Crippen LogP contribution in [0.5, 0.6) is 0 Å². The zero-order valence-corrected chi connectivity index (χ0v) is 7.62. The van der Waals surface area contributed by atoms with Crippen LogP contribution in [0.25, 0.3) is 0 Å². The molecule has 1 unspecified atom stereocenters. The molecule has 0 rings (SSSR count). The third-order valence-electron chi connectivity index (χ3n) is 1.02. The molecule has 0 aromatic carbocycles. The Balaban J connectivity index is 3.90. The van der Waals surface area contributed by atoms with E-state index in [0.717, 1.165) is 12.5 Å². The Hall–Kier alpha value is -1.29. The summed E-state index contributed by atoms with van der Waals surface area (Å²) in [6, 6.07) is 0. The molecule has 72 valence electrons. The molecule has 0 fully saturated rings. The Morgan fingerprint density at radius 2 is 1.85 bits per heavy atom. The van der Waals surface area contributed by atoms with Crippen molar-refractivity contribution in [2.45, 2.75) is 11.8 Å². The van der Waals surface area contributed by atoms with Gasteiger partial charge in [0.2, 0.25) is 0 Å². The van der Waals surface area contributed by atoms with E-state index in [2.05, 4.69) is 22.6 Å². The van der Waals surface area contributed by atoms with Crippen molar-refractivity contribution in [3.05, 3.63) is 25.7 Å². The molecule has 0 saturated carbocycles. The molecular weight excluding hydrogens is 196 g/mol. The van der Waals surface area contributed by atoms with Crippen molar-refractivity contribution >= 4 is 23.5 Å². The monoisotopic (exact) mass is 204 g/mol. The summed E-state index contributed by atoms with van der Waals surface area (Å²) < 4.78 is 8.69. The fraction of sp³-hybridized carbons (Fsp3) is 0.250. The summed E-state index contributed by atoms with van der Waals surface area (Å²) >= 11 is 5.48. The van der Waals surface area contributed by atoms with E-state index < -0.39 is 17.3 Å². The minimum Gasteiger partial charge on any atom is -0.435 e. The van der Waals surface area contributed by atoms with Gasteiger partial charge in [0.1, 0.15) is 5.38 Å². The average molecular weight is 205 g/mol. The van der Waals surface area contributed by atoms with Gasteiger partial charge in [-0.1, -0.05) is 13.2 Å². The standard InChI is InChI=1S/C8H9ClO4/c1-3-12-7(10)5-6(9)8(11)13-4-2/h3-4,6H,1-2,5H2. The molecule has 0 aromatic rings. The summed E-state index contributed by atoms with van der Waals surface area (Å²) in [5, 5.41) is -1.06. The highest BCUT2D eigenvalue weighted by Crippen LogP contribution is 2.06. The Morgan fingerprint density at radius 1 is 1.31 bits per heavy atom. The second-order valence-corrected chi connectivity index (χ2v) is 2.46. The lowest BCUT2D eigenvalue weighted by Gasteiger charge is -2.04. The highest BCUT2D eigenvalue weighted by atomic mass is 35.5. The molecule has 0 aromatic heterocycles. The van der Waals surface area contributed by atoms with E-state index in [1.54, 1.807) is 0 Å². The van der Waals surface area contributed by atoms with E-state index in [9.17, 15) is 9.59 Å². The van der Waals surface area contributed by atoms with Gasteiger partial charge in [-0.15, -0.1) is 11.6 Å². The lowest BCUT2D eigenvalue weighted by molar-refractivity contribution is -0.144. The van der Waals surface area contributed by atoms with Crippen LogP contribution >= 0.6 is 11.6 Å². The van der Waals surface area contributed by atoms with Crippen LogP contribution in [0.1, 0.15) is 6.42 Å². The lowest BCUT2D eigenvalue weighted by Crippen LogP contribution is -2.20. The molecule has 0 aliphatic rings. The van der Waals surface area contributed by atoms with Gasteiger partial charge in [-0.3, -0.25) is 9.59 Å². The number of carbonyl (C=O) groups is 2. The maximum Gasteiger partial charge on any atom is 0.329 e. The van der Waals surface area contributed by atoms with Gasteiger partial charge in [0.15, 0.2) is 0 Å². The van der Waals surface area contributed by atoms with Crippen molar-refractivity contribution < 1.29 is 19.1 Å². The molecule has 0 aliphatic carbocycles. The van der Waals surface area contributed by atoms with Crippen LogP contribution in [0, 0.1) is 0 Å².